The molecule has 4 aromatic rings. The third kappa shape index (κ3) is 4.72. The molecule has 4 aromatic carbocycles. The molecule has 30 heavy (non-hydrogen) atoms. The summed E-state index contributed by atoms with van der Waals surface area (Å²) in [7, 11) is 1.71. The number of hydrogen-bond donors (Lipinski definition) is 0. The summed E-state index contributed by atoms with van der Waals surface area (Å²) in [5, 5.41) is 2.31. The Morgan fingerprint density at radius 2 is 1.40 bits per heavy atom. The van der Waals surface area contributed by atoms with E-state index in [1.54, 1.807) is 7.11 Å². The second-order valence-corrected chi connectivity index (χ2v) is 7.98. The summed E-state index contributed by atoms with van der Waals surface area (Å²) in [4.78, 5) is 0. The van der Waals surface area contributed by atoms with Crippen LogP contribution in [0.15, 0.2) is 78.9 Å². The molecule has 0 aliphatic heterocycles. The molecule has 4 rings (SSSR count). The highest BCUT2D eigenvalue weighted by Gasteiger charge is 2.09. The Hall–Kier alpha value is -2.68. The standard InChI is InChI=1S/C27H24ClFO/c1-30-17-16-20-2-7-21(8-3-20)23-12-15-26-24(18-23)11-10-22(27(26)29)9-4-19-5-13-25(28)14-6-19/h2-3,5-8,10-15,18H,4,9,16-17H2,1H3. The molecule has 1 nitrogen and oxygen atoms in total. The van der Waals surface area contributed by atoms with Crippen molar-refractivity contribution in [2.24, 2.45) is 0 Å². The largest absolute Gasteiger partial charge is 0.384 e. The monoisotopic (exact) mass is 418 g/mol. The number of hydrogen-bond acceptors (Lipinski definition) is 1. The molecule has 0 heterocycles. The predicted molar refractivity (Wildman–Crippen MR) is 124 cm³/mol. The van der Waals surface area contributed by atoms with E-state index in [1.165, 1.54) is 5.56 Å². The van der Waals surface area contributed by atoms with E-state index in [0.29, 0.717) is 11.8 Å². The third-order valence-corrected chi connectivity index (χ3v) is 5.76. The number of benzene rings is 4. The molecule has 0 amide bonds. The van der Waals surface area contributed by atoms with Crippen molar-refractivity contribution in [2.75, 3.05) is 13.7 Å². The Bertz CT molecular complexity index is 1130. The molecule has 0 atom stereocenters. The molecule has 3 heteroatoms. The van der Waals surface area contributed by atoms with E-state index in [4.69, 9.17) is 16.3 Å². The summed E-state index contributed by atoms with van der Waals surface area (Å²) < 4.78 is 20.2. The molecule has 0 radical (unpaired) electrons. The SMILES string of the molecule is COCCc1ccc(-c2ccc3c(F)c(CCc4ccc(Cl)cc4)ccc3c2)cc1. The lowest BCUT2D eigenvalue weighted by molar-refractivity contribution is 0.202. The van der Waals surface area contributed by atoms with E-state index in [1.807, 2.05) is 48.5 Å². The van der Waals surface area contributed by atoms with Gasteiger partial charge in [0, 0.05) is 17.5 Å². The second-order valence-electron chi connectivity index (χ2n) is 7.54. The summed E-state index contributed by atoms with van der Waals surface area (Å²) >= 11 is 5.94. The van der Waals surface area contributed by atoms with Crippen molar-refractivity contribution < 1.29 is 9.13 Å². The maximum Gasteiger partial charge on any atom is 0.134 e. The zero-order chi connectivity index (χ0) is 20.9. The molecule has 0 aliphatic carbocycles. The topological polar surface area (TPSA) is 9.23 Å². The van der Waals surface area contributed by atoms with Crippen molar-refractivity contribution in [3.8, 4) is 11.1 Å². The van der Waals surface area contributed by atoms with Crippen molar-refractivity contribution >= 4 is 22.4 Å². The fraction of sp³-hybridized carbons (Fsp3) is 0.185. The van der Waals surface area contributed by atoms with Gasteiger partial charge in [-0.2, -0.15) is 0 Å². The van der Waals surface area contributed by atoms with Gasteiger partial charge in [-0.3, -0.25) is 0 Å². The van der Waals surface area contributed by atoms with Gasteiger partial charge < -0.3 is 4.74 Å². The first-order valence-corrected chi connectivity index (χ1v) is 10.6. The van der Waals surface area contributed by atoms with E-state index >= 15 is 4.39 Å². The van der Waals surface area contributed by atoms with Crippen molar-refractivity contribution in [1.82, 2.24) is 0 Å². The van der Waals surface area contributed by atoms with Gasteiger partial charge in [0.1, 0.15) is 5.82 Å². The zero-order valence-electron chi connectivity index (χ0n) is 17.0. The van der Waals surface area contributed by atoms with Crippen molar-refractivity contribution in [2.45, 2.75) is 19.3 Å². The van der Waals surface area contributed by atoms with Crippen LogP contribution in [0.3, 0.4) is 0 Å². The van der Waals surface area contributed by atoms with Crippen LogP contribution in [0.5, 0.6) is 0 Å². The van der Waals surface area contributed by atoms with Crippen LogP contribution in [0, 0.1) is 5.82 Å². The molecule has 0 unspecified atom stereocenters. The Labute approximate surface area is 182 Å². The van der Waals surface area contributed by atoms with E-state index in [0.717, 1.165) is 52.1 Å². The number of fused-ring (bicyclic) bond motifs is 1. The first-order chi connectivity index (χ1) is 14.6. The van der Waals surface area contributed by atoms with Crippen LogP contribution in [0.4, 0.5) is 4.39 Å². The van der Waals surface area contributed by atoms with Crippen molar-refractivity contribution in [1.29, 1.82) is 0 Å². The number of methoxy groups -OCH3 is 1. The van der Waals surface area contributed by atoms with Crippen LogP contribution >= 0.6 is 11.6 Å². The number of ether oxygens (including phenoxy) is 1. The highest BCUT2D eigenvalue weighted by molar-refractivity contribution is 6.30. The van der Waals surface area contributed by atoms with E-state index in [2.05, 4.69) is 30.3 Å². The van der Waals surface area contributed by atoms with Crippen molar-refractivity contribution in [3.63, 3.8) is 0 Å². The molecule has 0 aromatic heterocycles. The van der Waals surface area contributed by atoms with Crippen LogP contribution in [-0.4, -0.2) is 13.7 Å². The van der Waals surface area contributed by atoms with Gasteiger partial charge in [-0.05, 0) is 70.7 Å². The molecular weight excluding hydrogens is 395 g/mol. The van der Waals surface area contributed by atoms with Gasteiger partial charge in [0.25, 0.3) is 0 Å². The fourth-order valence-corrected chi connectivity index (χ4v) is 3.85. The van der Waals surface area contributed by atoms with Crippen LogP contribution in [0.2, 0.25) is 5.02 Å². The van der Waals surface area contributed by atoms with E-state index in [-0.39, 0.29) is 5.82 Å². The Balaban J connectivity index is 1.54. The van der Waals surface area contributed by atoms with E-state index < -0.39 is 0 Å². The average molecular weight is 419 g/mol. The van der Waals surface area contributed by atoms with Crippen LogP contribution in [0.1, 0.15) is 16.7 Å². The molecule has 0 aliphatic rings. The summed E-state index contributed by atoms with van der Waals surface area (Å²) in [5.41, 5.74) is 5.37. The van der Waals surface area contributed by atoms with Gasteiger partial charge in [-0.1, -0.05) is 72.3 Å². The van der Waals surface area contributed by atoms with Crippen LogP contribution < -0.4 is 0 Å². The lowest BCUT2D eigenvalue weighted by atomic mass is 9.96. The van der Waals surface area contributed by atoms with Gasteiger partial charge in [-0.15, -0.1) is 0 Å². The van der Waals surface area contributed by atoms with Gasteiger partial charge in [0.15, 0.2) is 0 Å². The Morgan fingerprint density at radius 1 is 0.733 bits per heavy atom. The lowest BCUT2D eigenvalue weighted by Gasteiger charge is -2.10. The fourth-order valence-electron chi connectivity index (χ4n) is 3.72. The minimum atomic E-state index is -0.122. The Morgan fingerprint density at radius 3 is 2.13 bits per heavy atom. The molecule has 0 bridgehead atoms. The normalized spacial score (nSPS) is 11.2. The summed E-state index contributed by atoms with van der Waals surface area (Å²) in [6, 6.07) is 26.1. The molecule has 0 spiro atoms. The lowest BCUT2D eigenvalue weighted by Crippen LogP contribution is -1.96. The molecule has 0 saturated carbocycles. The number of halogens is 2. The highest BCUT2D eigenvalue weighted by atomic mass is 35.5. The van der Waals surface area contributed by atoms with Gasteiger partial charge in [-0.25, -0.2) is 4.39 Å². The minimum absolute atomic E-state index is 0.122. The number of aryl methyl sites for hydroxylation is 2. The third-order valence-electron chi connectivity index (χ3n) is 5.51. The smallest absolute Gasteiger partial charge is 0.134 e. The summed E-state index contributed by atoms with van der Waals surface area (Å²) in [5.74, 6) is -0.122. The minimum Gasteiger partial charge on any atom is -0.384 e. The quantitative estimate of drug-likeness (QED) is 0.306. The molecule has 0 saturated heterocycles. The predicted octanol–water partition coefficient (Wildman–Crippen LogP) is 7.27. The first kappa shape index (κ1) is 20.6. The van der Waals surface area contributed by atoms with Gasteiger partial charge >= 0.3 is 0 Å². The summed E-state index contributed by atoms with van der Waals surface area (Å²) in [6.07, 6.45) is 2.35. The maximum absolute atomic E-state index is 15.1. The molecule has 0 N–H and O–H groups in total. The molecular formula is C27H24ClFO. The zero-order valence-corrected chi connectivity index (χ0v) is 17.8. The Kier molecular flexibility index (Phi) is 6.47. The van der Waals surface area contributed by atoms with Gasteiger partial charge in [0.2, 0.25) is 0 Å². The number of rotatable bonds is 7. The van der Waals surface area contributed by atoms with Crippen LogP contribution in [0.25, 0.3) is 21.9 Å². The maximum atomic E-state index is 15.1. The second kappa shape index (κ2) is 9.42. The van der Waals surface area contributed by atoms with Crippen LogP contribution in [-0.2, 0) is 24.0 Å². The molecule has 152 valence electrons. The van der Waals surface area contributed by atoms with Gasteiger partial charge in [0.05, 0.1) is 6.61 Å². The first-order valence-electron chi connectivity index (χ1n) is 10.2. The average Bonchev–Trinajstić information content (AvgIpc) is 2.78. The van der Waals surface area contributed by atoms with Crippen molar-refractivity contribution in [3.05, 3.63) is 106 Å². The molecule has 0 fully saturated rings. The highest BCUT2D eigenvalue weighted by Crippen LogP contribution is 2.28. The summed E-state index contributed by atoms with van der Waals surface area (Å²) in [6.45, 7) is 0.717. The van der Waals surface area contributed by atoms with E-state index in [9.17, 15) is 0 Å².